The first-order valence-electron chi connectivity index (χ1n) is 7.51. The van der Waals surface area contributed by atoms with Crippen molar-refractivity contribution in [3.05, 3.63) is 52.3 Å². The molecule has 0 spiro atoms. The summed E-state index contributed by atoms with van der Waals surface area (Å²) in [4.78, 5) is 12.3. The number of nitrogens with two attached hydrogens (primary N) is 1. The number of nitrogens with one attached hydrogen (secondary N) is 1. The molecule has 0 aliphatic carbocycles. The Hall–Kier alpha value is -2.14. The summed E-state index contributed by atoms with van der Waals surface area (Å²) in [6.45, 7) is 6.55. The summed E-state index contributed by atoms with van der Waals surface area (Å²) in [5, 5.41) is 7.45. The van der Waals surface area contributed by atoms with Crippen molar-refractivity contribution in [3.63, 3.8) is 0 Å². The molecule has 2 rings (SSSR count). The summed E-state index contributed by atoms with van der Waals surface area (Å²) in [7, 11) is 1.94. The molecule has 22 heavy (non-hydrogen) atoms. The molecule has 3 N–H and O–H groups in total. The maximum absolute atomic E-state index is 12.3. The van der Waals surface area contributed by atoms with Gasteiger partial charge in [-0.3, -0.25) is 9.48 Å². The van der Waals surface area contributed by atoms with Crippen LogP contribution in [0.5, 0.6) is 0 Å². The molecule has 0 radical (unpaired) electrons. The van der Waals surface area contributed by atoms with Crippen LogP contribution in [0.15, 0.2) is 24.3 Å². The van der Waals surface area contributed by atoms with Crippen molar-refractivity contribution in [2.45, 2.75) is 39.8 Å². The van der Waals surface area contributed by atoms with Crippen molar-refractivity contribution < 1.29 is 4.79 Å². The van der Waals surface area contributed by atoms with Crippen LogP contribution in [0.25, 0.3) is 0 Å². The van der Waals surface area contributed by atoms with Gasteiger partial charge in [-0.05, 0) is 50.5 Å². The van der Waals surface area contributed by atoms with Gasteiger partial charge in [-0.25, -0.2) is 0 Å². The highest BCUT2D eigenvalue weighted by atomic mass is 16.1. The van der Waals surface area contributed by atoms with Crippen LogP contribution in [-0.2, 0) is 20.0 Å². The minimum absolute atomic E-state index is 0.0447. The first kappa shape index (κ1) is 16.2. The van der Waals surface area contributed by atoms with Crippen LogP contribution in [0.4, 0.5) is 0 Å². The second kappa shape index (κ2) is 6.75. The molecule has 0 bridgehead atoms. The number of aromatic nitrogens is 2. The molecule has 2 aromatic rings. The van der Waals surface area contributed by atoms with E-state index in [0.717, 1.165) is 23.4 Å². The molecule has 1 unspecified atom stereocenters. The molecule has 0 aliphatic heterocycles. The minimum Gasteiger partial charge on any atom is -0.349 e. The Kier molecular flexibility index (Phi) is 4.98. The van der Waals surface area contributed by atoms with Gasteiger partial charge in [-0.1, -0.05) is 12.1 Å². The van der Waals surface area contributed by atoms with E-state index in [1.807, 2.05) is 49.8 Å². The molecule has 0 fully saturated rings. The summed E-state index contributed by atoms with van der Waals surface area (Å²) in [5.74, 6) is -0.0599. The van der Waals surface area contributed by atoms with Gasteiger partial charge in [-0.2, -0.15) is 5.10 Å². The molecule has 1 heterocycles. The highest BCUT2D eigenvalue weighted by molar-refractivity contribution is 5.94. The Morgan fingerprint density at radius 3 is 2.45 bits per heavy atom. The summed E-state index contributed by atoms with van der Waals surface area (Å²) >= 11 is 0. The smallest absolute Gasteiger partial charge is 0.251 e. The lowest BCUT2D eigenvalue weighted by atomic mass is 10.0. The molecular weight excluding hydrogens is 276 g/mol. The normalized spacial score (nSPS) is 12.2. The van der Waals surface area contributed by atoms with Crippen LogP contribution >= 0.6 is 0 Å². The zero-order valence-electron chi connectivity index (χ0n) is 13.7. The van der Waals surface area contributed by atoms with Crippen molar-refractivity contribution in [3.8, 4) is 0 Å². The molecule has 1 aromatic heterocycles. The number of amides is 1. The average molecular weight is 300 g/mol. The van der Waals surface area contributed by atoms with E-state index in [2.05, 4.69) is 17.3 Å². The number of rotatable bonds is 5. The average Bonchev–Trinajstić information content (AvgIpc) is 2.73. The van der Waals surface area contributed by atoms with Crippen LogP contribution in [0, 0.1) is 13.8 Å². The van der Waals surface area contributed by atoms with E-state index in [9.17, 15) is 4.79 Å². The molecule has 5 heteroatoms. The van der Waals surface area contributed by atoms with E-state index in [1.165, 1.54) is 5.56 Å². The van der Waals surface area contributed by atoms with Crippen LogP contribution in [-0.4, -0.2) is 21.7 Å². The standard InChI is InChI=1S/C17H24N4O/c1-11(9-16-12(2)20-21(4)13(16)3)19-17(22)15-7-5-14(10-18)6-8-15/h5-8,11H,9-10,18H2,1-4H3,(H,19,22). The Balaban J connectivity index is 2.01. The van der Waals surface area contributed by atoms with E-state index in [-0.39, 0.29) is 11.9 Å². The number of carbonyl (C=O) groups is 1. The highest BCUT2D eigenvalue weighted by Crippen LogP contribution is 2.14. The fourth-order valence-corrected chi connectivity index (χ4v) is 2.57. The molecule has 118 valence electrons. The Morgan fingerprint density at radius 2 is 1.95 bits per heavy atom. The van der Waals surface area contributed by atoms with Gasteiger partial charge in [0, 0.05) is 30.9 Å². The monoisotopic (exact) mass is 300 g/mol. The first-order valence-corrected chi connectivity index (χ1v) is 7.51. The van der Waals surface area contributed by atoms with Crippen molar-refractivity contribution in [1.29, 1.82) is 0 Å². The summed E-state index contributed by atoms with van der Waals surface area (Å²) in [6.07, 6.45) is 0.776. The second-order valence-electron chi connectivity index (χ2n) is 5.75. The fraction of sp³-hybridized carbons (Fsp3) is 0.412. The van der Waals surface area contributed by atoms with Gasteiger partial charge in [0.05, 0.1) is 5.69 Å². The topological polar surface area (TPSA) is 72.9 Å². The van der Waals surface area contributed by atoms with Gasteiger partial charge in [0.15, 0.2) is 0 Å². The maximum Gasteiger partial charge on any atom is 0.251 e. The molecule has 0 saturated carbocycles. The fourth-order valence-electron chi connectivity index (χ4n) is 2.57. The van der Waals surface area contributed by atoms with Crippen LogP contribution < -0.4 is 11.1 Å². The third-order valence-electron chi connectivity index (χ3n) is 4.00. The zero-order valence-corrected chi connectivity index (χ0v) is 13.7. The van der Waals surface area contributed by atoms with E-state index >= 15 is 0 Å². The third kappa shape index (κ3) is 3.54. The van der Waals surface area contributed by atoms with E-state index in [4.69, 9.17) is 5.73 Å². The number of aryl methyl sites for hydroxylation is 2. The number of carbonyl (C=O) groups excluding carboxylic acids is 1. The number of nitrogens with zero attached hydrogens (tertiary/aromatic N) is 2. The highest BCUT2D eigenvalue weighted by Gasteiger charge is 2.15. The van der Waals surface area contributed by atoms with Crippen molar-refractivity contribution in [2.24, 2.45) is 12.8 Å². The molecule has 5 nitrogen and oxygen atoms in total. The van der Waals surface area contributed by atoms with Crippen LogP contribution in [0.3, 0.4) is 0 Å². The quantitative estimate of drug-likeness (QED) is 0.885. The molecule has 1 aromatic carbocycles. The summed E-state index contributed by atoms with van der Waals surface area (Å²) in [5.41, 5.74) is 10.6. The lowest BCUT2D eigenvalue weighted by Gasteiger charge is -2.14. The molecule has 0 saturated heterocycles. The van der Waals surface area contributed by atoms with Gasteiger partial charge in [-0.15, -0.1) is 0 Å². The second-order valence-corrected chi connectivity index (χ2v) is 5.75. The molecule has 0 aliphatic rings. The van der Waals surface area contributed by atoms with Crippen molar-refractivity contribution in [2.75, 3.05) is 0 Å². The molecular formula is C17H24N4O. The Bertz CT molecular complexity index is 658. The maximum atomic E-state index is 12.3. The first-order chi connectivity index (χ1) is 10.4. The Morgan fingerprint density at radius 1 is 1.32 bits per heavy atom. The number of benzene rings is 1. The lowest BCUT2D eigenvalue weighted by molar-refractivity contribution is 0.0940. The zero-order chi connectivity index (χ0) is 16.3. The predicted molar refractivity (Wildman–Crippen MR) is 87.6 cm³/mol. The van der Waals surface area contributed by atoms with Crippen molar-refractivity contribution in [1.82, 2.24) is 15.1 Å². The third-order valence-corrected chi connectivity index (χ3v) is 4.00. The van der Waals surface area contributed by atoms with E-state index in [0.29, 0.717) is 12.1 Å². The van der Waals surface area contributed by atoms with Gasteiger partial charge >= 0.3 is 0 Å². The van der Waals surface area contributed by atoms with Crippen LogP contribution in [0.2, 0.25) is 0 Å². The number of hydrogen-bond donors (Lipinski definition) is 2. The largest absolute Gasteiger partial charge is 0.349 e. The SMILES string of the molecule is Cc1nn(C)c(C)c1CC(C)NC(=O)c1ccc(CN)cc1. The summed E-state index contributed by atoms with van der Waals surface area (Å²) < 4.78 is 1.88. The van der Waals surface area contributed by atoms with Gasteiger partial charge in [0.1, 0.15) is 0 Å². The lowest BCUT2D eigenvalue weighted by Crippen LogP contribution is -2.34. The van der Waals surface area contributed by atoms with Crippen LogP contribution in [0.1, 0.15) is 39.8 Å². The van der Waals surface area contributed by atoms with E-state index < -0.39 is 0 Å². The number of hydrogen-bond acceptors (Lipinski definition) is 3. The van der Waals surface area contributed by atoms with Gasteiger partial charge in [0.2, 0.25) is 0 Å². The minimum atomic E-state index is -0.0599. The molecule has 1 atom stereocenters. The van der Waals surface area contributed by atoms with Crippen molar-refractivity contribution >= 4 is 5.91 Å². The van der Waals surface area contributed by atoms with Gasteiger partial charge < -0.3 is 11.1 Å². The predicted octanol–water partition coefficient (Wildman–Crippen LogP) is 1.86. The van der Waals surface area contributed by atoms with E-state index in [1.54, 1.807) is 0 Å². The Labute approximate surface area is 131 Å². The van der Waals surface area contributed by atoms with Gasteiger partial charge in [0.25, 0.3) is 5.91 Å². The summed E-state index contributed by atoms with van der Waals surface area (Å²) in [6, 6.07) is 7.43. The molecule has 1 amide bonds.